The Labute approximate surface area is 166 Å². The second-order valence-corrected chi connectivity index (χ2v) is 5.92. The maximum atomic E-state index is 14.4. The van der Waals surface area contributed by atoms with Gasteiger partial charge in [-0.2, -0.15) is 5.26 Å². The second kappa shape index (κ2) is 7.90. The number of nitriles is 1. The molecule has 0 aliphatic rings. The van der Waals surface area contributed by atoms with Gasteiger partial charge in [-0.25, -0.2) is 43.9 Å². The van der Waals surface area contributed by atoms with Gasteiger partial charge in [0, 0.05) is 11.8 Å². The predicted molar refractivity (Wildman–Crippen MR) is 84.0 cm³/mol. The van der Waals surface area contributed by atoms with Crippen LogP contribution >= 0.6 is 0 Å². The summed E-state index contributed by atoms with van der Waals surface area (Å²) in [6.45, 7) is 0. The van der Waals surface area contributed by atoms with Gasteiger partial charge in [-0.05, 0) is 11.6 Å². The fourth-order valence-corrected chi connectivity index (χ4v) is 2.84. The molecule has 0 spiro atoms. The summed E-state index contributed by atoms with van der Waals surface area (Å²) in [6, 6.07) is 2.32. The van der Waals surface area contributed by atoms with Crippen molar-refractivity contribution < 1.29 is 43.9 Å². The van der Waals surface area contributed by atoms with E-state index in [-0.39, 0.29) is 0 Å². The number of aromatic nitrogens is 1. The van der Waals surface area contributed by atoms with Crippen LogP contribution in [0.15, 0.2) is 12.3 Å². The average molecular weight is 450 g/mol. The third-order valence-corrected chi connectivity index (χ3v) is 4.21. The summed E-state index contributed by atoms with van der Waals surface area (Å²) in [6.07, 6.45) is -0.116. The molecule has 12 heteroatoms. The van der Waals surface area contributed by atoms with Crippen LogP contribution in [0.25, 0.3) is 22.4 Å². The van der Waals surface area contributed by atoms with Crippen LogP contribution < -0.4 is 0 Å². The molecule has 0 radical (unpaired) electrons. The van der Waals surface area contributed by atoms with E-state index in [4.69, 9.17) is 5.26 Å². The zero-order valence-electron chi connectivity index (χ0n) is 14.5. The lowest BCUT2D eigenvalue weighted by molar-refractivity contribution is 0.380. The molecule has 0 atom stereocenters. The maximum absolute atomic E-state index is 14.4. The molecule has 0 unspecified atom stereocenters. The fourth-order valence-electron chi connectivity index (χ4n) is 2.84. The van der Waals surface area contributed by atoms with Gasteiger partial charge in [-0.3, -0.25) is 4.98 Å². The third-order valence-electron chi connectivity index (χ3n) is 4.21. The summed E-state index contributed by atoms with van der Waals surface area (Å²) >= 11 is 0. The molecule has 0 N–H and O–H groups in total. The molecule has 0 aliphatic heterocycles. The Morgan fingerprint density at radius 3 is 1.39 bits per heavy atom. The largest absolute Gasteiger partial charge is 0.255 e. The topological polar surface area (TPSA) is 36.7 Å². The van der Waals surface area contributed by atoms with Crippen molar-refractivity contribution in [1.29, 1.82) is 5.26 Å². The Kier molecular flexibility index (Phi) is 5.62. The molecule has 0 fully saturated rings. The third kappa shape index (κ3) is 3.26. The van der Waals surface area contributed by atoms with Gasteiger partial charge in [0.2, 0.25) is 11.6 Å². The molecule has 0 aliphatic carbocycles. The van der Waals surface area contributed by atoms with Gasteiger partial charge < -0.3 is 0 Å². The summed E-state index contributed by atoms with van der Waals surface area (Å²) < 4.78 is 139. The van der Waals surface area contributed by atoms with E-state index in [1.807, 2.05) is 0 Å². The quantitative estimate of drug-likeness (QED) is 0.284. The molecule has 2 aromatic carbocycles. The van der Waals surface area contributed by atoms with Gasteiger partial charge in [0.15, 0.2) is 46.5 Å². The number of nitrogens with zero attached hydrogens (tertiary/aromatic N) is 2. The normalized spacial score (nSPS) is 11.0. The molecule has 0 bridgehead atoms. The van der Waals surface area contributed by atoms with E-state index < -0.39 is 92.5 Å². The number of rotatable bonds is 3. The molecule has 160 valence electrons. The Bertz CT molecular complexity index is 1220. The molecular formula is C19H4F10N2. The molecule has 2 nitrogen and oxygen atoms in total. The van der Waals surface area contributed by atoms with Gasteiger partial charge in [0.25, 0.3) is 0 Å². The first-order valence-corrected chi connectivity index (χ1v) is 7.92. The number of pyridine rings is 1. The number of benzene rings is 2. The van der Waals surface area contributed by atoms with Gasteiger partial charge in [-0.15, -0.1) is 0 Å². The second-order valence-electron chi connectivity index (χ2n) is 5.92. The van der Waals surface area contributed by atoms with Crippen LogP contribution in [0.4, 0.5) is 43.9 Å². The van der Waals surface area contributed by atoms with E-state index in [2.05, 4.69) is 4.98 Å². The molecule has 0 saturated carbocycles. The number of hydrogen-bond donors (Lipinski definition) is 0. The van der Waals surface area contributed by atoms with Crippen molar-refractivity contribution in [2.75, 3.05) is 0 Å². The van der Waals surface area contributed by atoms with Gasteiger partial charge in [-0.1, -0.05) is 0 Å². The minimum Gasteiger partial charge on any atom is -0.255 e. The van der Waals surface area contributed by atoms with E-state index >= 15 is 0 Å². The average Bonchev–Trinajstić information content (AvgIpc) is 2.75. The van der Waals surface area contributed by atoms with Crippen LogP contribution in [0.3, 0.4) is 0 Å². The van der Waals surface area contributed by atoms with Crippen molar-refractivity contribution in [3.8, 4) is 28.5 Å². The van der Waals surface area contributed by atoms with E-state index in [0.29, 0.717) is 6.20 Å². The fraction of sp³-hybridized carbons (Fsp3) is 0.0526. The van der Waals surface area contributed by atoms with Crippen molar-refractivity contribution in [2.45, 2.75) is 6.42 Å². The highest BCUT2D eigenvalue weighted by Gasteiger charge is 2.34. The Hall–Kier alpha value is -3.62. The van der Waals surface area contributed by atoms with Crippen LogP contribution in [0.1, 0.15) is 5.56 Å². The summed E-state index contributed by atoms with van der Waals surface area (Å²) in [5.74, 6) is -24.7. The summed E-state index contributed by atoms with van der Waals surface area (Å²) in [5, 5.41) is 8.89. The van der Waals surface area contributed by atoms with Crippen molar-refractivity contribution >= 4 is 0 Å². The van der Waals surface area contributed by atoms with Crippen LogP contribution in [-0.2, 0) is 6.42 Å². The van der Waals surface area contributed by atoms with Crippen molar-refractivity contribution in [3.63, 3.8) is 0 Å². The monoisotopic (exact) mass is 450 g/mol. The highest BCUT2D eigenvalue weighted by Crippen LogP contribution is 2.41. The van der Waals surface area contributed by atoms with E-state index in [0.717, 1.165) is 6.07 Å². The maximum Gasteiger partial charge on any atom is 0.200 e. The molecule has 3 rings (SSSR count). The zero-order valence-corrected chi connectivity index (χ0v) is 14.5. The van der Waals surface area contributed by atoms with Crippen LogP contribution in [0.2, 0.25) is 0 Å². The van der Waals surface area contributed by atoms with Crippen LogP contribution in [0.5, 0.6) is 0 Å². The molecule has 1 heterocycles. The zero-order chi connectivity index (χ0) is 23.2. The first kappa shape index (κ1) is 22.1. The van der Waals surface area contributed by atoms with Crippen LogP contribution in [-0.4, -0.2) is 4.98 Å². The summed E-state index contributed by atoms with van der Waals surface area (Å²) in [4.78, 5) is 3.35. The number of hydrogen-bond acceptors (Lipinski definition) is 2. The minimum absolute atomic E-state index is 0.556. The van der Waals surface area contributed by atoms with Crippen molar-refractivity contribution in [1.82, 2.24) is 4.98 Å². The molecule has 31 heavy (non-hydrogen) atoms. The number of halogens is 10. The first-order valence-electron chi connectivity index (χ1n) is 7.92. The van der Waals surface area contributed by atoms with E-state index in [9.17, 15) is 43.9 Å². The lowest BCUT2D eigenvalue weighted by Gasteiger charge is -2.17. The summed E-state index contributed by atoms with van der Waals surface area (Å²) in [7, 11) is 0. The lowest BCUT2D eigenvalue weighted by atomic mass is 9.91. The molecule has 1 aromatic heterocycles. The van der Waals surface area contributed by atoms with Crippen LogP contribution in [0, 0.1) is 69.5 Å². The van der Waals surface area contributed by atoms with Gasteiger partial charge in [0.1, 0.15) is 0 Å². The van der Waals surface area contributed by atoms with Crippen molar-refractivity contribution in [3.05, 3.63) is 76.0 Å². The highest BCUT2D eigenvalue weighted by molar-refractivity contribution is 5.84. The van der Waals surface area contributed by atoms with Gasteiger partial charge >= 0.3 is 0 Å². The SMILES string of the molecule is N#CCc1ccnc(-c2c(F)c(F)c(F)c(F)c2F)c1-c1c(F)c(F)c(F)c(F)c1F. The predicted octanol–water partition coefficient (Wildman–Crippen LogP) is 5.87. The Balaban J connectivity index is 2.57. The minimum atomic E-state index is -2.55. The standard InChI is InChI=1S/C19H4F10N2/c20-9-7(10(21)14(25)17(28)13(9)24)6-5(1-3-30)2-4-31-19(6)8-11(22)15(26)18(29)16(27)12(8)23/h2,4H,1H2. The van der Waals surface area contributed by atoms with Crippen molar-refractivity contribution in [2.24, 2.45) is 0 Å². The molecule has 3 aromatic rings. The van der Waals surface area contributed by atoms with E-state index in [1.54, 1.807) is 0 Å². The lowest BCUT2D eigenvalue weighted by Crippen LogP contribution is -2.10. The smallest absolute Gasteiger partial charge is 0.200 e. The highest BCUT2D eigenvalue weighted by atomic mass is 19.2. The summed E-state index contributed by atoms with van der Waals surface area (Å²) in [5.41, 5.74) is -6.63. The van der Waals surface area contributed by atoms with Gasteiger partial charge in [0.05, 0.1) is 29.3 Å². The Morgan fingerprint density at radius 2 is 0.968 bits per heavy atom. The molecule has 0 amide bonds. The Morgan fingerprint density at radius 1 is 0.581 bits per heavy atom. The first-order chi connectivity index (χ1) is 14.5. The van der Waals surface area contributed by atoms with E-state index in [1.165, 1.54) is 6.07 Å². The molecular weight excluding hydrogens is 446 g/mol. The molecule has 0 saturated heterocycles.